The van der Waals surface area contributed by atoms with E-state index in [0.29, 0.717) is 0 Å². The fraction of sp³-hybridized carbons (Fsp3) is 0.357. The fourth-order valence-corrected chi connectivity index (χ4v) is 2.47. The van der Waals surface area contributed by atoms with Gasteiger partial charge in [-0.1, -0.05) is 61.2 Å². The van der Waals surface area contributed by atoms with Crippen LogP contribution in [-0.4, -0.2) is 16.6 Å². The van der Waals surface area contributed by atoms with Gasteiger partial charge in [0.15, 0.2) is 5.12 Å². The van der Waals surface area contributed by atoms with E-state index in [1.807, 2.05) is 49.4 Å². The molecule has 0 aliphatic heterocycles. The van der Waals surface area contributed by atoms with Crippen molar-refractivity contribution >= 4 is 35.6 Å². The van der Waals surface area contributed by atoms with Gasteiger partial charge in [0.25, 0.3) is 0 Å². The molecule has 1 aromatic rings. The molecule has 0 aliphatic carbocycles. The highest BCUT2D eigenvalue weighted by Crippen LogP contribution is 2.15. The van der Waals surface area contributed by atoms with E-state index in [-0.39, 0.29) is 11.0 Å². The number of hydrogen-bond acceptors (Lipinski definition) is 3. The molecule has 1 nitrogen and oxygen atoms in total. The zero-order valence-electron chi connectivity index (χ0n) is 10.0. The minimum atomic E-state index is -0.0277. The molecule has 0 aliphatic rings. The van der Waals surface area contributed by atoms with Gasteiger partial charge >= 0.3 is 0 Å². The van der Waals surface area contributed by atoms with E-state index in [2.05, 4.69) is 12.6 Å². The molecule has 0 amide bonds. The molecule has 0 bridgehead atoms. The van der Waals surface area contributed by atoms with Gasteiger partial charge < -0.3 is 0 Å². The van der Waals surface area contributed by atoms with E-state index < -0.39 is 0 Å². The highest BCUT2D eigenvalue weighted by Gasteiger charge is 2.09. The van der Waals surface area contributed by atoms with E-state index in [1.54, 1.807) is 0 Å². The third-order valence-electron chi connectivity index (χ3n) is 2.30. The van der Waals surface area contributed by atoms with Crippen LogP contribution >= 0.6 is 24.4 Å². The SMILES string of the molecule is CC(/C=C/c1ccccc1)C(=O)SCCCS. The molecule has 0 radical (unpaired) electrons. The highest BCUT2D eigenvalue weighted by molar-refractivity contribution is 8.13. The number of allylic oxidation sites excluding steroid dienone is 1. The van der Waals surface area contributed by atoms with Gasteiger partial charge in [0.2, 0.25) is 0 Å². The second-order valence-corrected chi connectivity index (χ2v) is 5.35. The van der Waals surface area contributed by atoms with Gasteiger partial charge in [-0.05, 0) is 17.7 Å². The topological polar surface area (TPSA) is 17.1 Å². The van der Waals surface area contributed by atoms with Crippen molar-refractivity contribution in [2.45, 2.75) is 13.3 Å². The number of carbonyl (C=O) groups is 1. The molecule has 0 spiro atoms. The maximum Gasteiger partial charge on any atom is 0.195 e. The van der Waals surface area contributed by atoms with Crippen molar-refractivity contribution in [3.05, 3.63) is 42.0 Å². The molecular weight excluding hydrogens is 248 g/mol. The Balaban J connectivity index is 2.40. The van der Waals surface area contributed by atoms with Crippen LogP contribution < -0.4 is 0 Å². The van der Waals surface area contributed by atoms with Gasteiger partial charge in [-0.2, -0.15) is 12.6 Å². The van der Waals surface area contributed by atoms with Gasteiger partial charge in [-0.15, -0.1) is 0 Å². The summed E-state index contributed by atoms with van der Waals surface area (Å²) in [7, 11) is 0. The molecule has 0 aromatic heterocycles. The predicted molar refractivity (Wildman–Crippen MR) is 80.6 cm³/mol. The van der Waals surface area contributed by atoms with Gasteiger partial charge in [-0.25, -0.2) is 0 Å². The first kappa shape index (κ1) is 14.4. The van der Waals surface area contributed by atoms with Crippen molar-refractivity contribution in [2.75, 3.05) is 11.5 Å². The second kappa shape index (κ2) is 8.43. The summed E-state index contributed by atoms with van der Waals surface area (Å²) in [5, 5.41) is 0.235. The van der Waals surface area contributed by atoms with E-state index in [9.17, 15) is 4.79 Å². The molecule has 92 valence electrons. The molecular formula is C14H18OS2. The van der Waals surface area contributed by atoms with E-state index >= 15 is 0 Å². The van der Waals surface area contributed by atoms with Crippen LogP contribution in [0.25, 0.3) is 6.08 Å². The first-order valence-electron chi connectivity index (χ1n) is 5.75. The molecule has 3 heteroatoms. The van der Waals surface area contributed by atoms with Gasteiger partial charge in [0, 0.05) is 11.7 Å². The fourth-order valence-electron chi connectivity index (χ4n) is 1.27. The molecule has 1 unspecified atom stereocenters. The van der Waals surface area contributed by atoms with Gasteiger partial charge in [0.05, 0.1) is 0 Å². The van der Waals surface area contributed by atoms with Crippen LogP contribution in [0.2, 0.25) is 0 Å². The van der Waals surface area contributed by atoms with Crippen molar-refractivity contribution in [2.24, 2.45) is 5.92 Å². The van der Waals surface area contributed by atoms with Crippen LogP contribution in [0.15, 0.2) is 36.4 Å². The first-order chi connectivity index (χ1) is 8.24. The Morgan fingerprint density at radius 1 is 1.41 bits per heavy atom. The third-order valence-corrected chi connectivity index (χ3v) is 3.76. The lowest BCUT2D eigenvalue weighted by molar-refractivity contribution is -0.112. The summed E-state index contributed by atoms with van der Waals surface area (Å²) in [4.78, 5) is 11.7. The van der Waals surface area contributed by atoms with Crippen LogP contribution in [0.5, 0.6) is 0 Å². The van der Waals surface area contributed by atoms with Crippen LogP contribution in [0.4, 0.5) is 0 Å². The molecule has 0 fully saturated rings. The summed E-state index contributed by atoms with van der Waals surface area (Å²) in [5.74, 6) is 1.68. The van der Waals surface area contributed by atoms with Crippen molar-refractivity contribution in [3.63, 3.8) is 0 Å². The number of hydrogen-bond donors (Lipinski definition) is 1. The summed E-state index contributed by atoms with van der Waals surface area (Å²) in [6.45, 7) is 1.94. The lowest BCUT2D eigenvalue weighted by Crippen LogP contribution is -2.04. The molecule has 1 atom stereocenters. The highest BCUT2D eigenvalue weighted by atomic mass is 32.2. The summed E-state index contributed by atoms with van der Waals surface area (Å²) >= 11 is 5.53. The third kappa shape index (κ3) is 5.99. The summed E-state index contributed by atoms with van der Waals surface area (Å²) < 4.78 is 0. The normalized spacial score (nSPS) is 12.8. The molecule has 0 N–H and O–H groups in total. The zero-order valence-corrected chi connectivity index (χ0v) is 11.7. The minimum Gasteiger partial charge on any atom is -0.287 e. The van der Waals surface area contributed by atoms with Crippen LogP contribution in [0, 0.1) is 5.92 Å². The smallest absolute Gasteiger partial charge is 0.195 e. The molecule has 17 heavy (non-hydrogen) atoms. The Labute approximate surface area is 113 Å². The Kier molecular flexibility index (Phi) is 7.13. The van der Waals surface area contributed by atoms with Crippen molar-refractivity contribution < 1.29 is 4.79 Å². The Hall–Kier alpha value is -0.670. The van der Waals surface area contributed by atoms with Crippen molar-refractivity contribution in [1.82, 2.24) is 0 Å². The van der Waals surface area contributed by atoms with Gasteiger partial charge in [-0.3, -0.25) is 4.79 Å². The number of thioether (sulfide) groups is 1. The van der Waals surface area contributed by atoms with Crippen LogP contribution in [0.1, 0.15) is 18.9 Å². The maximum atomic E-state index is 11.7. The lowest BCUT2D eigenvalue weighted by Gasteiger charge is -2.04. The van der Waals surface area contributed by atoms with Crippen molar-refractivity contribution in [1.29, 1.82) is 0 Å². The van der Waals surface area contributed by atoms with E-state index in [1.165, 1.54) is 11.8 Å². The minimum absolute atomic E-state index is 0.0277. The number of rotatable bonds is 6. The second-order valence-electron chi connectivity index (χ2n) is 3.80. The largest absolute Gasteiger partial charge is 0.287 e. The van der Waals surface area contributed by atoms with E-state index in [4.69, 9.17) is 0 Å². The van der Waals surface area contributed by atoms with Crippen LogP contribution in [0.3, 0.4) is 0 Å². The number of carbonyl (C=O) groups excluding carboxylic acids is 1. The zero-order chi connectivity index (χ0) is 12.5. The predicted octanol–water partition coefficient (Wildman–Crippen LogP) is 3.92. The average Bonchev–Trinajstić information content (AvgIpc) is 2.37. The molecule has 0 saturated carbocycles. The number of benzene rings is 1. The molecule has 0 heterocycles. The molecule has 0 saturated heterocycles. The Morgan fingerprint density at radius 3 is 2.76 bits per heavy atom. The van der Waals surface area contributed by atoms with Crippen LogP contribution in [-0.2, 0) is 4.79 Å². The summed E-state index contributed by atoms with van der Waals surface area (Å²) in [5.41, 5.74) is 1.13. The summed E-state index contributed by atoms with van der Waals surface area (Å²) in [6, 6.07) is 10.0. The van der Waals surface area contributed by atoms with Crippen molar-refractivity contribution in [3.8, 4) is 0 Å². The number of thiol groups is 1. The average molecular weight is 266 g/mol. The van der Waals surface area contributed by atoms with E-state index in [0.717, 1.165) is 23.5 Å². The molecule has 1 rings (SSSR count). The standard InChI is InChI=1S/C14H18OS2/c1-12(14(15)17-11-5-10-16)8-9-13-6-3-2-4-7-13/h2-4,6-9,12,16H,5,10-11H2,1H3/b9-8+. The Morgan fingerprint density at radius 2 is 2.12 bits per heavy atom. The molecule has 1 aromatic carbocycles. The monoisotopic (exact) mass is 266 g/mol. The summed E-state index contributed by atoms with van der Waals surface area (Å²) in [6.07, 6.45) is 4.95. The van der Waals surface area contributed by atoms with Gasteiger partial charge in [0.1, 0.15) is 0 Å². The lowest BCUT2D eigenvalue weighted by atomic mass is 10.1. The quantitative estimate of drug-likeness (QED) is 0.621. The maximum absolute atomic E-state index is 11.7. The Bertz CT molecular complexity index is 360. The first-order valence-corrected chi connectivity index (χ1v) is 7.36.